The molecule has 2 aromatic carbocycles. The molecule has 6 heteroatoms. The number of anilines is 1. The van der Waals surface area contributed by atoms with E-state index in [1.54, 1.807) is 12.1 Å². The molecule has 0 bridgehead atoms. The Hall–Kier alpha value is -2.60. The van der Waals surface area contributed by atoms with Gasteiger partial charge in [0.15, 0.2) is 5.17 Å². The van der Waals surface area contributed by atoms with Gasteiger partial charge in [0.1, 0.15) is 5.82 Å². The van der Waals surface area contributed by atoms with Gasteiger partial charge in [-0.15, -0.1) is 0 Å². The number of nitrogens with one attached hydrogen (secondary N) is 1. The predicted molar refractivity (Wildman–Crippen MR) is 129 cm³/mol. The van der Waals surface area contributed by atoms with Crippen LogP contribution < -0.4 is 10.2 Å². The number of rotatable bonds is 3. The van der Waals surface area contributed by atoms with E-state index in [9.17, 15) is 4.79 Å². The second-order valence-corrected chi connectivity index (χ2v) is 9.94. The maximum absolute atomic E-state index is 15.1. The van der Waals surface area contributed by atoms with Crippen LogP contribution in [0, 0.1) is 12.7 Å². The van der Waals surface area contributed by atoms with Gasteiger partial charge >= 0.3 is 0 Å². The summed E-state index contributed by atoms with van der Waals surface area (Å²) in [5.74, 6) is -0.251. The van der Waals surface area contributed by atoms with E-state index in [1.807, 2.05) is 37.3 Å². The fourth-order valence-electron chi connectivity index (χ4n) is 4.59. The summed E-state index contributed by atoms with van der Waals surface area (Å²) in [5.41, 5.74) is 4.43. The third-order valence-electron chi connectivity index (χ3n) is 6.02. The van der Waals surface area contributed by atoms with Crippen LogP contribution in [0.1, 0.15) is 56.7 Å². The van der Waals surface area contributed by atoms with Crippen LogP contribution in [0.5, 0.6) is 0 Å². The van der Waals surface area contributed by atoms with E-state index < -0.39 is 0 Å². The number of benzene rings is 2. The van der Waals surface area contributed by atoms with Crippen LogP contribution in [0.4, 0.5) is 15.8 Å². The van der Waals surface area contributed by atoms with Crippen molar-refractivity contribution in [1.29, 1.82) is 0 Å². The molecule has 1 amide bonds. The molecule has 162 valence electrons. The summed E-state index contributed by atoms with van der Waals surface area (Å²) in [6.07, 6.45) is 2.63. The molecule has 1 unspecified atom stereocenters. The van der Waals surface area contributed by atoms with Crippen molar-refractivity contribution < 1.29 is 9.18 Å². The van der Waals surface area contributed by atoms with E-state index in [0.29, 0.717) is 21.6 Å². The third-order valence-corrected chi connectivity index (χ3v) is 6.93. The Balaban J connectivity index is 1.66. The summed E-state index contributed by atoms with van der Waals surface area (Å²) in [6.45, 7) is 11.5. The number of carbonyl (C=O) groups is 1. The van der Waals surface area contributed by atoms with Crippen molar-refractivity contribution in [2.45, 2.75) is 52.5 Å². The van der Waals surface area contributed by atoms with Crippen LogP contribution in [0.3, 0.4) is 0 Å². The Morgan fingerprint density at radius 3 is 2.68 bits per heavy atom. The molecule has 0 saturated carbocycles. The molecule has 2 aliphatic rings. The first kappa shape index (κ1) is 21.6. The topological polar surface area (TPSA) is 44.7 Å². The van der Waals surface area contributed by atoms with Crippen LogP contribution in [-0.2, 0) is 4.79 Å². The highest BCUT2D eigenvalue weighted by molar-refractivity contribution is 8.18. The minimum atomic E-state index is -0.313. The van der Waals surface area contributed by atoms with Crippen LogP contribution in [0.2, 0.25) is 0 Å². The molecular weight excluding hydrogens is 409 g/mol. The highest BCUT2D eigenvalue weighted by Crippen LogP contribution is 2.44. The van der Waals surface area contributed by atoms with Gasteiger partial charge in [-0.1, -0.05) is 24.6 Å². The van der Waals surface area contributed by atoms with Gasteiger partial charge in [0, 0.05) is 23.3 Å². The first-order valence-corrected chi connectivity index (χ1v) is 11.5. The summed E-state index contributed by atoms with van der Waals surface area (Å²) in [4.78, 5) is 19.7. The fourth-order valence-corrected chi connectivity index (χ4v) is 5.42. The maximum atomic E-state index is 15.1. The lowest BCUT2D eigenvalue weighted by Crippen LogP contribution is -2.48. The summed E-state index contributed by atoms with van der Waals surface area (Å²) < 4.78 is 15.1. The van der Waals surface area contributed by atoms with Crippen molar-refractivity contribution in [3.8, 4) is 0 Å². The predicted octanol–water partition coefficient (Wildman–Crippen LogP) is 6.14. The lowest BCUT2D eigenvalue weighted by Gasteiger charge is -2.47. The zero-order valence-electron chi connectivity index (χ0n) is 18.6. The second-order valence-electron chi connectivity index (χ2n) is 8.91. The normalized spacial score (nSPS) is 22.7. The second kappa shape index (κ2) is 8.15. The molecular formula is C25H28FN3OS. The summed E-state index contributed by atoms with van der Waals surface area (Å²) in [6, 6.07) is 11.3. The summed E-state index contributed by atoms with van der Waals surface area (Å²) >= 11 is 1.24. The Labute approximate surface area is 187 Å². The molecule has 1 N–H and O–H groups in total. The van der Waals surface area contributed by atoms with E-state index in [1.165, 1.54) is 11.8 Å². The van der Waals surface area contributed by atoms with E-state index in [2.05, 4.69) is 42.9 Å². The quantitative estimate of drug-likeness (QED) is 0.587. The zero-order valence-corrected chi connectivity index (χ0v) is 19.4. The number of hydrogen-bond acceptors (Lipinski definition) is 4. The van der Waals surface area contributed by atoms with Crippen molar-refractivity contribution in [2.75, 3.05) is 11.4 Å². The molecule has 0 radical (unpaired) electrons. The Bertz CT molecular complexity index is 1090. The van der Waals surface area contributed by atoms with E-state index in [4.69, 9.17) is 0 Å². The molecule has 31 heavy (non-hydrogen) atoms. The highest BCUT2D eigenvalue weighted by Gasteiger charge is 2.36. The Kier molecular flexibility index (Phi) is 5.69. The molecule has 4 nitrogen and oxygen atoms in total. The standard InChI is InChI=1S/C25H28FN3OS/c1-6-29-21-13-20(26)17(11-19(21)16(3)14-25(29,4)5)12-22-23(30)28-24(31-22)27-18-9-7-15(2)8-10-18/h7-13,16H,6,14H2,1-5H3,(H,27,28,30)/b22-12+. The number of thioether (sulfide) groups is 1. The number of fused-ring (bicyclic) bond motifs is 1. The zero-order chi connectivity index (χ0) is 22.3. The molecule has 4 rings (SSSR count). The first-order valence-electron chi connectivity index (χ1n) is 10.7. The van der Waals surface area contributed by atoms with Crippen molar-refractivity contribution in [3.05, 3.63) is 63.8 Å². The van der Waals surface area contributed by atoms with Gasteiger partial charge in [0.2, 0.25) is 0 Å². The van der Waals surface area contributed by atoms with Gasteiger partial charge < -0.3 is 10.2 Å². The average Bonchev–Trinajstić information content (AvgIpc) is 3.03. The van der Waals surface area contributed by atoms with Gasteiger partial charge in [-0.05, 0) is 87.7 Å². The number of halogens is 1. The molecule has 1 fully saturated rings. The maximum Gasteiger partial charge on any atom is 0.264 e. The van der Waals surface area contributed by atoms with Crippen LogP contribution in [0.25, 0.3) is 6.08 Å². The van der Waals surface area contributed by atoms with Gasteiger partial charge in [-0.25, -0.2) is 9.38 Å². The fraction of sp³-hybridized carbons (Fsp3) is 0.360. The van der Waals surface area contributed by atoms with Crippen molar-refractivity contribution in [1.82, 2.24) is 5.32 Å². The van der Waals surface area contributed by atoms with Gasteiger partial charge in [-0.2, -0.15) is 0 Å². The molecule has 2 heterocycles. The third kappa shape index (κ3) is 4.26. The van der Waals surface area contributed by atoms with Crippen LogP contribution >= 0.6 is 11.8 Å². The van der Waals surface area contributed by atoms with E-state index in [-0.39, 0.29) is 17.3 Å². The molecule has 1 atom stereocenters. The number of amides is 1. The number of carbonyl (C=O) groups excluding carboxylic acids is 1. The molecule has 2 aliphatic heterocycles. The van der Waals surface area contributed by atoms with Gasteiger partial charge in [0.25, 0.3) is 5.91 Å². The van der Waals surface area contributed by atoms with Crippen molar-refractivity contribution in [2.24, 2.45) is 4.99 Å². The number of amidine groups is 1. The van der Waals surface area contributed by atoms with E-state index in [0.717, 1.165) is 35.5 Å². The van der Waals surface area contributed by atoms with E-state index >= 15 is 4.39 Å². The lowest BCUT2D eigenvalue weighted by molar-refractivity contribution is -0.115. The van der Waals surface area contributed by atoms with Gasteiger partial charge in [0.05, 0.1) is 10.6 Å². The van der Waals surface area contributed by atoms with Crippen molar-refractivity contribution >= 4 is 40.3 Å². The Morgan fingerprint density at radius 2 is 2.00 bits per heavy atom. The molecule has 0 aliphatic carbocycles. The monoisotopic (exact) mass is 437 g/mol. The van der Waals surface area contributed by atoms with Crippen molar-refractivity contribution in [3.63, 3.8) is 0 Å². The summed E-state index contributed by atoms with van der Waals surface area (Å²) in [7, 11) is 0. The first-order chi connectivity index (χ1) is 14.7. The Morgan fingerprint density at radius 1 is 1.29 bits per heavy atom. The molecule has 1 saturated heterocycles. The number of nitrogens with zero attached hydrogens (tertiary/aromatic N) is 2. The van der Waals surface area contributed by atoms with Gasteiger partial charge in [-0.3, -0.25) is 4.79 Å². The largest absolute Gasteiger partial charge is 0.366 e. The number of aryl methyl sites for hydroxylation is 1. The SMILES string of the molecule is CCN1c2cc(F)c(/C=C3/SC(=Nc4ccc(C)cc4)NC3=O)cc2C(C)CC1(C)C. The van der Waals surface area contributed by atoms with Crippen LogP contribution in [-0.4, -0.2) is 23.2 Å². The molecule has 0 spiro atoms. The minimum Gasteiger partial charge on any atom is -0.366 e. The number of hydrogen-bond donors (Lipinski definition) is 1. The highest BCUT2D eigenvalue weighted by atomic mass is 32.2. The minimum absolute atomic E-state index is 0.0177. The lowest BCUT2D eigenvalue weighted by atomic mass is 9.79. The average molecular weight is 438 g/mol. The number of aliphatic imine (C=N–C) groups is 1. The molecule has 2 aromatic rings. The molecule has 0 aromatic heterocycles. The summed E-state index contributed by atoms with van der Waals surface area (Å²) in [5, 5.41) is 3.29. The smallest absolute Gasteiger partial charge is 0.264 e. The van der Waals surface area contributed by atoms with Crippen LogP contribution in [0.15, 0.2) is 46.3 Å².